The lowest BCUT2D eigenvalue weighted by atomic mass is 10.1. The Balaban J connectivity index is 1.84. The Bertz CT molecular complexity index is 565. The molecule has 0 saturated carbocycles. The summed E-state index contributed by atoms with van der Waals surface area (Å²) in [7, 11) is 0. The molecule has 1 aliphatic rings. The van der Waals surface area contributed by atoms with Crippen LogP contribution in [0, 0.1) is 5.82 Å². The molecular weight excluding hydrogens is 231 g/mol. The number of hydrogen-bond donors (Lipinski definition) is 1. The Kier molecular flexibility index (Phi) is 2.88. The topological polar surface area (TPSA) is 38.1 Å². The average molecular weight is 246 g/mol. The summed E-state index contributed by atoms with van der Waals surface area (Å²) in [5, 5.41) is 9.59. The molecule has 94 valence electrons. The molecule has 0 saturated heterocycles. The number of aliphatic hydroxyl groups excluding tert-OH is 1. The van der Waals surface area contributed by atoms with Crippen molar-refractivity contribution in [2.45, 2.75) is 31.9 Å². The van der Waals surface area contributed by atoms with E-state index in [1.807, 2.05) is 16.8 Å². The summed E-state index contributed by atoms with van der Waals surface area (Å²) in [6.45, 7) is 0.597. The normalized spacial score (nSPS) is 18.7. The van der Waals surface area contributed by atoms with Gasteiger partial charge >= 0.3 is 0 Å². The van der Waals surface area contributed by atoms with E-state index in [1.54, 1.807) is 12.1 Å². The number of benzene rings is 1. The van der Waals surface area contributed by atoms with Crippen molar-refractivity contribution < 1.29 is 9.50 Å². The van der Waals surface area contributed by atoms with Crippen LogP contribution in [0.4, 0.5) is 4.39 Å². The average Bonchev–Trinajstić information content (AvgIpc) is 2.73. The second-order valence-corrected chi connectivity index (χ2v) is 4.76. The molecule has 0 spiro atoms. The predicted octanol–water partition coefficient (Wildman–Crippen LogP) is 1.92. The number of rotatable bonds is 2. The van der Waals surface area contributed by atoms with Crippen LogP contribution in [0.1, 0.15) is 23.5 Å². The second-order valence-electron chi connectivity index (χ2n) is 4.76. The second kappa shape index (κ2) is 4.53. The van der Waals surface area contributed by atoms with E-state index >= 15 is 0 Å². The summed E-state index contributed by atoms with van der Waals surface area (Å²) in [5.41, 5.74) is 1.53. The molecule has 1 atom stereocenters. The maximum atomic E-state index is 13.5. The fourth-order valence-electron chi connectivity index (χ4n) is 2.41. The summed E-state index contributed by atoms with van der Waals surface area (Å²) in [5.74, 6) is 0.801. The van der Waals surface area contributed by atoms with E-state index in [4.69, 9.17) is 0 Å². The smallest absolute Gasteiger partial charge is 0.126 e. The van der Waals surface area contributed by atoms with Gasteiger partial charge in [-0.05, 0) is 18.1 Å². The van der Waals surface area contributed by atoms with Gasteiger partial charge in [0.1, 0.15) is 11.6 Å². The van der Waals surface area contributed by atoms with Gasteiger partial charge in [0, 0.05) is 25.6 Å². The highest BCUT2D eigenvalue weighted by atomic mass is 19.1. The molecule has 0 aliphatic carbocycles. The number of aliphatic hydroxyl groups is 1. The zero-order valence-electron chi connectivity index (χ0n) is 10.0. The highest BCUT2D eigenvalue weighted by Crippen LogP contribution is 2.18. The van der Waals surface area contributed by atoms with Crippen molar-refractivity contribution in [1.82, 2.24) is 9.55 Å². The number of nitrogens with zero attached hydrogens (tertiary/aromatic N) is 2. The first-order valence-electron chi connectivity index (χ1n) is 6.19. The molecule has 4 heteroatoms. The lowest BCUT2D eigenvalue weighted by Crippen LogP contribution is -2.23. The van der Waals surface area contributed by atoms with Gasteiger partial charge in [0.2, 0.25) is 0 Å². The first-order valence-corrected chi connectivity index (χ1v) is 6.19. The minimum atomic E-state index is -0.284. The Morgan fingerprint density at radius 3 is 3.06 bits per heavy atom. The van der Waals surface area contributed by atoms with Crippen molar-refractivity contribution in [3.8, 4) is 0 Å². The highest BCUT2D eigenvalue weighted by molar-refractivity contribution is 5.23. The number of aryl methyl sites for hydroxylation is 1. The quantitative estimate of drug-likeness (QED) is 0.879. The van der Waals surface area contributed by atoms with Crippen LogP contribution in [0.15, 0.2) is 30.5 Å². The van der Waals surface area contributed by atoms with Crippen LogP contribution in [0.2, 0.25) is 0 Å². The lowest BCUT2D eigenvalue weighted by Gasteiger charge is -2.18. The number of hydrogen-bond acceptors (Lipinski definition) is 2. The van der Waals surface area contributed by atoms with Crippen molar-refractivity contribution in [2.75, 3.05) is 0 Å². The first-order chi connectivity index (χ1) is 8.72. The van der Waals surface area contributed by atoms with Gasteiger partial charge in [-0.1, -0.05) is 18.2 Å². The van der Waals surface area contributed by atoms with Crippen LogP contribution >= 0.6 is 0 Å². The third kappa shape index (κ3) is 2.16. The van der Waals surface area contributed by atoms with Gasteiger partial charge in [0.15, 0.2) is 0 Å². The summed E-state index contributed by atoms with van der Waals surface area (Å²) < 4.78 is 15.5. The molecule has 0 radical (unpaired) electrons. The van der Waals surface area contributed by atoms with Crippen LogP contribution < -0.4 is 0 Å². The number of imidazole rings is 1. The Hall–Kier alpha value is -1.68. The minimum absolute atomic E-state index is 0.191. The van der Waals surface area contributed by atoms with E-state index in [1.165, 1.54) is 6.07 Å². The largest absolute Gasteiger partial charge is 0.391 e. The molecule has 3 rings (SSSR count). The number of aromatic nitrogens is 2. The summed E-state index contributed by atoms with van der Waals surface area (Å²) in [4.78, 5) is 4.51. The fourth-order valence-corrected chi connectivity index (χ4v) is 2.41. The zero-order valence-corrected chi connectivity index (χ0v) is 10.0. The van der Waals surface area contributed by atoms with Gasteiger partial charge in [0.05, 0.1) is 11.8 Å². The summed E-state index contributed by atoms with van der Waals surface area (Å²) in [6.07, 6.45) is 3.69. The zero-order chi connectivity index (χ0) is 12.5. The predicted molar refractivity (Wildman–Crippen MR) is 65.8 cm³/mol. The van der Waals surface area contributed by atoms with Crippen molar-refractivity contribution in [3.63, 3.8) is 0 Å². The molecular formula is C14H15FN2O. The van der Waals surface area contributed by atoms with E-state index in [0.717, 1.165) is 24.4 Å². The van der Waals surface area contributed by atoms with Crippen molar-refractivity contribution in [3.05, 3.63) is 53.4 Å². The number of halogens is 1. The van der Waals surface area contributed by atoms with Crippen LogP contribution in [-0.2, 0) is 19.4 Å². The number of fused-ring (bicyclic) bond motifs is 1. The monoisotopic (exact) mass is 246 g/mol. The lowest BCUT2D eigenvalue weighted by molar-refractivity contribution is 0.130. The molecule has 1 aliphatic heterocycles. The SMILES string of the molecule is OC1CCc2nc(Cc3ccccc3F)cn2C1. The van der Waals surface area contributed by atoms with Crippen LogP contribution in [0.3, 0.4) is 0 Å². The van der Waals surface area contributed by atoms with Gasteiger partial charge in [-0.2, -0.15) is 0 Å². The van der Waals surface area contributed by atoms with Gasteiger partial charge in [-0.15, -0.1) is 0 Å². The molecule has 1 unspecified atom stereocenters. The van der Waals surface area contributed by atoms with E-state index in [-0.39, 0.29) is 11.9 Å². The van der Waals surface area contributed by atoms with E-state index in [9.17, 15) is 9.50 Å². The van der Waals surface area contributed by atoms with Crippen molar-refractivity contribution >= 4 is 0 Å². The van der Waals surface area contributed by atoms with E-state index in [0.29, 0.717) is 18.5 Å². The van der Waals surface area contributed by atoms with Crippen molar-refractivity contribution in [2.24, 2.45) is 0 Å². The molecule has 1 N–H and O–H groups in total. The first kappa shape index (κ1) is 11.4. The Labute approximate surface area is 105 Å². The van der Waals surface area contributed by atoms with Crippen molar-refractivity contribution in [1.29, 1.82) is 0 Å². The van der Waals surface area contributed by atoms with Crippen LogP contribution in [0.5, 0.6) is 0 Å². The maximum absolute atomic E-state index is 13.5. The standard InChI is InChI=1S/C14H15FN2O/c15-13-4-2-1-3-10(13)7-11-8-17-9-12(18)5-6-14(17)16-11/h1-4,8,12,18H,5-7,9H2. The third-order valence-electron chi connectivity index (χ3n) is 3.35. The van der Waals surface area contributed by atoms with Gasteiger partial charge in [0.25, 0.3) is 0 Å². The molecule has 0 fully saturated rings. The Morgan fingerprint density at radius 2 is 2.22 bits per heavy atom. The molecule has 18 heavy (non-hydrogen) atoms. The molecule has 3 nitrogen and oxygen atoms in total. The molecule has 1 aromatic heterocycles. The van der Waals surface area contributed by atoms with Gasteiger partial charge in [-0.3, -0.25) is 0 Å². The van der Waals surface area contributed by atoms with E-state index in [2.05, 4.69) is 4.98 Å². The van der Waals surface area contributed by atoms with Crippen LogP contribution in [-0.4, -0.2) is 20.8 Å². The maximum Gasteiger partial charge on any atom is 0.126 e. The highest BCUT2D eigenvalue weighted by Gasteiger charge is 2.18. The summed E-state index contributed by atoms with van der Waals surface area (Å²) >= 11 is 0. The summed E-state index contributed by atoms with van der Waals surface area (Å²) in [6, 6.07) is 6.77. The fraction of sp³-hybridized carbons (Fsp3) is 0.357. The Morgan fingerprint density at radius 1 is 1.39 bits per heavy atom. The molecule has 0 bridgehead atoms. The molecule has 2 heterocycles. The third-order valence-corrected chi connectivity index (χ3v) is 3.35. The van der Waals surface area contributed by atoms with Gasteiger partial charge in [-0.25, -0.2) is 9.37 Å². The molecule has 0 amide bonds. The van der Waals surface area contributed by atoms with E-state index < -0.39 is 0 Å². The molecule has 2 aromatic rings. The molecule has 1 aromatic carbocycles. The van der Waals surface area contributed by atoms with Crippen LogP contribution in [0.25, 0.3) is 0 Å². The van der Waals surface area contributed by atoms with Gasteiger partial charge < -0.3 is 9.67 Å². The minimum Gasteiger partial charge on any atom is -0.391 e.